The quantitative estimate of drug-likeness (QED) is 0.539. The molecule has 2 amide bonds. The van der Waals surface area contributed by atoms with Crippen LogP contribution in [0.3, 0.4) is 0 Å². The highest BCUT2D eigenvalue weighted by Crippen LogP contribution is 2.43. The molecular weight excluding hydrogens is 403 g/mol. The van der Waals surface area contributed by atoms with E-state index in [9.17, 15) is 9.18 Å². The minimum atomic E-state index is -0.326. The van der Waals surface area contributed by atoms with Gasteiger partial charge in [0.15, 0.2) is 0 Å². The number of fused-ring (bicyclic) bond motifs is 4. The Balaban J connectivity index is 1.36. The Morgan fingerprint density at radius 2 is 1.97 bits per heavy atom. The van der Waals surface area contributed by atoms with Crippen LogP contribution in [-0.2, 0) is 5.54 Å². The number of rotatable bonds is 1. The van der Waals surface area contributed by atoms with Gasteiger partial charge in [-0.15, -0.1) is 0 Å². The van der Waals surface area contributed by atoms with Crippen LogP contribution < -0.4 is 10.6 Å². The lowest BCUT2D eigenvalue weighted by Crippen LogP contribution is -2.51. The predicted octanol–water partition coefficient (Wildman–Crippen LogP) is 5.53. The summed E-state index contributed by atoms with van der Waals surface area (Å²) in [6.07, 6.45) is 3.47. The number of nitrogens with one attached hydrogen (secondary N) is 2. The molecule has 30 heavy (non-hydrogen) atoms. The smallest absolute Gasteiger partial charge is 0.321 e. The highest BCUT2D eigenvalue weighted by atomic mass is 35.5. The number of piperidine rings is 1. The highest BCUT2D eigenvalue weighted by molar-refractivity contribution is 6.31. The molecule has 2 N–H and O–H groups in total. The largest absolute Gasteiger partial charge is 0.372 e. The lowest BCUT2D eigenvalue weighted by Gasteiger charge is -2.46. The van der Waals surface area contributed by atoms with Gasteiger partial charge in [-0.25, -0.2) is 9.18 Å². The Labute approximate surface area is 179 Å². The van der Waals surface area contributed by atoms with Crippen LogP contribution in [0.25, 0.3) is 5.69 Å². The summed E-state index contributed by atoms with van der Waals surface area (Å²) < 4.78 is 16.0. The Bertz CT molecular complexity index is 1130. The first-order valence-corrected chi connectivity index (χ1v) is 10.4. The van der Waals surface area contributed by atoms with Crippen LogP contribution in [0, 0.1) is 12.7 Å². The summed E-state index contributed by atoms with van der Waals surface area (Å²) >= 11 is 6.17. The fraction of sp³-hybridized carbons (Fsp3) is 0.261. The molecule has 7 heteroatoms. The maximum atomic E-state index is 13.9. The first-order chi connectivity index (χ1) is 14.5. The number of anilines is 2. The number of likely N-dealkylation sites (tertiary alicyclic amines) is 1. The van der Waals surface area contributed by atoms with Gasteiger partial charge in [0.1, 0.15) is 5.82 Å². The monoisotopic (exact) mass is 424 g/mol. The summed E-state index contributed by atoms with van der Waals surface area (Å²) in [5.41, 5.74) is 4.12. The standard InChI is InChI=1S/C23H22ClFN4O/c1-15-17(24)4-2-5-18(15)26-22(30)28-12-9-23(10-13-28)21-6-3-11-29(21)20-8-7-16(25)14-19(20)27-23/h2-8,11,14,27H,9-10,12-13H2,1H3,(H,26,30). The zero-order valence-corrected chi connectivity index (χ0v) is 17.3. The van der Waals surface area contributed by atoms with Crippen LogP contribution in [-0.4, -0.2) is 28.6 Å². The molecule has 1 aromatic heterocycles. The maximum absolute atomic E-state index is 13.9. The van der Waals surface area contributed by atoms with Crippen molar-refractivity contribution >= 4 is 29.0 Å². The molecule has 1 fully saturated rings. The van der Waals surface area contributed by atoms with Gasteiger partial charge in [0.25, 0.3) is 0 Å². The summed E-state index contributed by atoms with van der Waals surface area (Å²) in [4.78, 5) is 14.7. The molecule has 1 saturated heterocycles. The average molecular weight is 425 g/mol. The van der Waals surface area contributed by atoms with Crippen molar-refractivity contribution in [1.29, 1.82) is 0 Å². The second kappa shape index (κ2) is 7.06. The number of hydrogen-bond donors (Lipinski definition) is 2. The summed E-state index contributed by atoms with van der Waals surface area (Å²) in [5, 5.41) is 7.19. The molecule has 5 rings (SSSR count). The fourth-order valence-corrected chi connectivity index (χ4v) is 4.71. The summed E-state index contributed by atoms with van der Waals surface area (Å²) in [5.74, 6) is -0.263. The van der Waals surface area contributed by atoms with E-state index in [-0.39, 0.29) is 17.4 Å². The normalized spacial score (nSPS) is 16.6. The third-order valence-electron chi connectivity index (χ3n) is 6.24. The van der Waals surface area contributed by atoms with E-state index in [2.05, 4.69) is 21.3 Å². The van der Waals surface area contributed by atoms with Gasteiger partial charge in [-0.2, -0.15) is 0 Å². The molecule has 2 aliphatic rings. The van der Waals surface area contributed by atoms with Crippen molar-refractivity contribution in [2.45, 2.75) is 25.3 Å². The molecule has 0 unspecified atom stereocenters. The number of benzene rings is 2. The van der Waals surface area contributed by atoms with Gasteiger partial charge >= 0.3 is 6.03 Å². The molecule has 2 aliphatic heterocycles. The van der Waals surface area contributed by atoms with Crippen LogP contribution in [0.1, 0.15) is 24.1 Å². The maximum Gasteiger partial charge on any atom is 0.321 e. The Morgan fingerprint density at radius 1 is 1.17 bits per heavy atom. The van der Waals surface area contributed by atoms with Gasteiger partial charge in [-0.3, -0.25) is 0 Å². The van der Waals surface area contributed by atoms with Crippen molar-refractivity contribution in [3.8, 4) is 5.69 Å². The topological polar surface area (TPSA) is 49.3 Å². The SMILES string of the molecule is Cc1c(Cl)cccc1NC(=O)N1CCC2(CC1)Nc1cc(F)ccc1-n1cccc12. The number of hydrogen-bond acceptors (Lipinski definition) is 2. The average Bonchev–Trinajstić information content (AvgIpc) is 3.23. The third-order valence-corrected chi connectivity index (χ3v) is 6.65. The van der Waals surface area contributed by atoms with E-state index in [1.807, 2.05) is 42.3 Å². The molecule has 154 valence electrons. The summed E-state index contributed by atoms with van der Waals surface area (Å²) in [6.45, 7) is 3.07. The molecule has 2 aromatic carbocycles. The second-order valence-corrected chi connectivity index (χ2v) is 8.37. The van der Waals surface area contributed by atoms with Crippen molar-refractivity contribution in [1.82, 2.24) is 9.47 Å². The molecule has 0 atom stereocenters. The lowest BCUT2D eigenvalue weighted by atomic mass is 9.82. The Kier molecular flexibility index (Phi) is 4.47. The van der Waals surface area contributed by atoms with Crippen molar-refractivity contribution in [3.05, 3.63) is 76.8 Å². The number of urea groups is 1. The first kappa shape index (κ1) is 19.0. The van der Waals surface area contributed by atoms with Crippen LogP contribution in [0.4, 0.5) is 20.6 Å². The summed E-state index contributed by atoms with van der Waals surface area (Å²) in [7, 11) is 0. The van der Waals surface area contributed by atoms with E-state index in [0.29, 0.717) is 18.1 Å². The fourth-order valence-electron chi connectivity index (χ4n) is 4.53. The van der Waals surface area contributed by atoms with E-state index in [1.165, 1.54) is 6.07 Å². The number of carbonyl (C=O) groups excluding carboxylic acids is 1. The lowest BCUT2D eigenvalue weighted by molar-refractivity contribution is 0.174. The summed E-state index contributed by atoms with van der Waals surface area (Å²) in [6, 6.07) is 14.3. The zero-order chi connectivity index (χ0) is 20.9. The first-order valence-electron chi connectivity index (χ1n) is 10.0. The van der Waals surface area contributed by atoms with E-state index in [4.69, 9.17) is 11.6 Å². The molecule has 0 aliphatic carbocycles. The van der Waals surface area contributed by atoms with E-state index in [1.54, 1.807) is 12.1 Å². The second-order valence-electron chi connectivity index (χ2n) is 7.96. The number of nitrogens with zero attached hydrogens (tertiary/aromatic N) is 2. The van der Waals surface area contributed by atoms with Gasteiger partial charge in [0.2, 0.25) is 0 Å². The van der Waals surface area contributed by atoms with Gasteiger partial charge in [-0.05, 0) is 67.8 Å². The van der Waals surface area contributed by atoms with Crippen LogP contribution in [0.15, 0.2) is 54.7 Å². The molecule has 3 aromatic rings. The van der Waals surface area contributed by atoms with Crippen LogP contribution in [0.2, 0.25) is 5.02 Å². The van der Waals surface area contributed by atoms with Gasteiger partial charge < -0.3 is 20.1 Å². The third kappa shape index (κ3) is 3.03. The predicted molar refractivity (Wildman–Crippen MR) is 117 cm³/mol. The van der Waals surface area contributed by atoms with Gasteiger partial charge in [-0.1, -0.05) is 17.7 Å². The Morgan fingerprint density at radius 3 is 2.77 bits per heavy atom. The molecule has 3 heterocycles. The number of carbonyl (C=O) groups is 1. The van der Waals surface area contributed by atoms with Gasteiger partial charge in [0, 0.05) is 35.7 Å². The molecule has 1 spiro atoms. The molecule has 5 nitrogen and oxygen atoms in total. The van der Waals surface area contributed by atoms with Crippen LogP contribution >= 0.6 is 11.6 Å². The van der Waals surface area contributed by atoms with Crippen molar-refractivity contribution < 1.29 is 9.18 Å². The van der Waals surface area contributed by atoms with Crippen molar-refractivity contribution in [2.75, 3.05) is 23.7 Å². The number of aromatic nitrogens is 1. The van der Waals surface area contributed by atoms with E-state index < -0.39 is 0 Å². The zero-order valence-electron chi connectivity index (χ0n) is 16.6. The Hall–Kier alpha value is -2.99. The molecule has 0 saturated carbocycles. The van der Waals surface area contributed by atoms with Crippen molar-refractivity contribution in [2.24, 2.45) is 0 Å². The minimum Gasteiger partial charge on any atom is -0.372 e. The minimum absolute atomic E-state index is 0.132. The van der Waals surface area contributed by atoms with E-state index in [0.717, 1.165) is 41.2 Å². The molecule has 0 radical (unpaired) electrons. The van der Waals surface area contributed by atoms with Crippen molar-refractivity contribution in [3.63, 3.8) is 0 Å². The number of halogens is 2. The molecule has 0 bridgehead atoms. The van der Waals surface area contributed by atoms with Crippen LogP contribution in [0.5, 0.6) is 0 Å². The van der Waals surface area contributed by atoms with Gasteiger partial charge in [0.05, 0.1) is 16.9 Å². The van der Waals surface area contributed by atoms with E-state index >= 15 is 0 Å². The molecular formula is C23H22ClFN4O. The number of amides is 2. The highest BCUT2D eigenvalue weighted by Gasteiger charge is 2.42.